The molecule has 0 saturated heterocycles. The number of carbonyl (C=O) groups excluding carboxylic acids is 4. The van der Waals surface area contributed by atoms with Crippen LogP contribution in [0.4, 0.5) is 15.3 Å². The van der Waals surface area contributed by atoms with Gasteiger partial charge in [-0.3, -0.25) is 14.7 Å². The van der Waals surface area contributed by atoms with Crippen molar-refractivity contribution >= 4 is 61.3 Å². The van der Waals surface area contributed by atoms with Gasteiger partial charge in [0.05, 0.1) is 18.3 Å². The fourth-order valence-corrected chi connectivity index (χ4v) is 7.03. The van der Waals surface area contributed by atoms with Crippen molar-refractivity contribution in [1.29, 1.82) is 0 Å². The minimum absolute atomic E-state index is 0.0576. The highest BCUT2D eigenvalue weighted by Crippen LogP contribution is 2.20. The van der Waals surface area contributed by atoms with Gasteiger partial charge < -0.3 is 25.8 Å². The van der Waals surface area contributed by atoms with Crippen LogP contribution in [0, 0.1) is 0 Å². The monoisotopic (exact) mass is 993 g/mol. The van der Waals surface area contributed by atoms with Crippen LogP contribution in [0.25, 0.3) is 11.1 Å². The zero-order chi connectivity index (χ0) is 46.7. The third-order valence-electron chi connectivity index (χ3n) is 8.98. The van der Waals surface area contributed by atoms with Crippen molar-refractivity contribution < 1.29 is 28.7 Å². The first-order valence-electron chi connectivity index (χ1n) is 20.8. The lowest BCUT2D eigenvalue weighted by Gasteiger charge is -2.23. The van der Waals surface area contributed by atoms with Gasteiger partial charge in [0.25, 0.3) is 0 Å². The molecule has 2 amide bonds. The first-order valence-corrected chi connectivity index (χ1v) is 22.4. The molecule has 5 N–H and O–H groups in total. The molecule has 5 aromatic carbocycles. The Balaban J connectivity index is 0.000000240. The molecular formula is C51H57Br2N5O6. The number of anilines is 1. The maximum Gasteiger partial charge on any atom is 0.408 e. The number of H-pyrrole nitrogens is 1. The third-order valence-corrected chi connectivity index (χ3v) is 9.96. The van der Waals surface area contributed by atoms with Gasteiger partial charge in [-0.05, 0) is 113 Å². The number of nitrogens with zero attached hydrogens (tertiary/aromatic N) is 1. The Bertz CT molecular complexity index is 2380. The lowest BCUT2D eigenvalue weighted by atomic mass is 9.96. The maximum absolute atomic E-state index is 13.1. The van der Waals surface area contributed by atoms with E-state index in [0.717, 1.165) is 48.0 Å². The number of benzene rings is 5. The van der Waals surface area contributed by atoms with E-state index in [1.54, 1.807) is 47.7 Å². The maximum atomic E-state index is 13.1. The summed E-state index contributed by atoms with van der Waals surface area (Å²) >= 11 is 6.70. The van der Waals surface area contributed by atoms with Crippen molar-refractivity contribution in [2.45, 2.75) is 90.5 Å². The molecule has 0 unspecified atom stereocenters. The van der Waals surface area contributed by atoms with Crippen LogP contribution in [0.1, 0.15) is 63.8 Å². The summed E-state index contributed by atoms with van der Waals surface area (Å²) in [7, 11) is 0. The van der Waals surface area contributed by atoms with Crippen molar-refractivity contribution in [3.8, 4) is 11.1 Å². The van der Waals surface area contributed by atoms with Gasteiger partial charge in [-0.2, -0.15) is 5.10 Å². The Hall–Kier alpha value is -6.05. The summed E-state index contributed by atoms with van der Waals surface area (Å²) in [5.74, 6) is -0.133. The second-order valence-electron chi connectivity index (χ2n) is 16.9. The molecule has 6 aromatic rings. The van der Waals surface area contributed by atoms with Gasteiger partial charge in [0.15, 0.2) is 11.6 Å². The number of aromatic amines is 1. The molecule has 64 heavy (non-hydrogen) atoms. The number of carbonyl (C=O) groups is 4. The molecule has 0 bridgehead atoms. The van der Waals surface area contributed by atoms with E-state index in [9.17, 15) is 19.2 Å². The molecule has 1 aromatic heterocycles. The van der Waals surface area contributed by atoms with Gasteiger partial charge in [-0.25, -0.2) is 9.59 Å². The number of halogens is 2. The Labute approximate surface area is 393 Å². The van der Waals surface area contributed by atoms with Gasteiger partial charge in [0.2, 0.25) is 0 Å². The summed E-state index contributed by atoms with van der Waals surface area (Å²) in [6.45, 7) is 10.8. The number of nitrogen functional groups attached to an aromatic ring is 1. The number of hydrogen-bond acceptors (Lipinski definition) is 8. The average molecular weight is 996 g/mol. The largest absolute Gasteiger partial charge is 0.444 e. The smallest absolute Gasteiger partial charge is 0.408 e. The van der Waals surface area contributed by atoms with E-state index in [-0.39, 0.29) is 24.4 Å². The van der Waals surface area contributed by atoms with Crippen LogP contribution >= 0.6 is 31.9 Å². The summed E-state index contributed by atoms with van der Waals surface area (Å²) in [6, 6.07) is 40.9. The molecule has 0 radical (unpaired) electrons. The molecule has 13 heteroatoms. The molecule has 0 fully saturated rings. The van der Waals surface area contributed by atoms with E-state index in [1.807, 2.05) is 140 Å². The van der Waals surface area contributed by atoms with Crippen LogP contribution in [-0.4, -0.2) is 57.2 Å². The lowest BCUT2D eigenvalue weighted by Crippen LogP contribution is -2.45. The van der Waals surface area contributed by atoms with Crippen LogP contribution < -0.4 is 16.4 Å². The summed E-state index contributed by atoms with van der Waals surface area (Å²) < 4.78 is 12.6. The Morgan fingerprint density at radius 2 is 1.02 bits per heavy atom. The normalized spacial score (nSPS) is 11.9. The van der Waals surface area contributed by atoms with Crippen LogP contribution in [0.3, 0.4) is 0 Å². The highest BCUT2D eigenvalue weighted by Gasteiger charge is 2.26. The van der Waals surface area contributed by atoms with Gasteiger partial charge in [-0.1, -0.05) is 135 Å². The van der Waals surface area contributed by atoms with Crippen LogP contribution in [0.2, 0.25) is 0 Å². The van der Waals surface area contributed by atoms with E-state index < -0.39 is 35.5 Å². The zero-order valence-corrected chi connectivity index (χ0v) is 40.2. The number of nitrogens with one attached hydrogen (secondary N) is 3. The number of amides is 2. The summed E-state index contributed by atoms with van der Waals surface area (Å²) in [4.78, 5) is 50.5. The number of Topliss-reactive ketones (excluding diaryl/α,β-unsaturated/α-hetero) is 2. The molecule has 0 aliphatic rings. The minimum Gasteiger partial charge on any atom is -0.444 e. The second kappa shape index (κ2) is 24.7. The van der Waals surface area contributed by atoms with E-state index in [2.05, 4.69) is 52.7 Å². The van der Waals surface area contributed by atoms with Crippen molar-refractivity contribution in [3.63, 3.8) is 0 Å². The van der Waals surface area contributed by atoms with Crippen LogP contribution in [0.15, 0.2) is 155 Å². The molecule has 0 saturated carbocycles. The summed E-state index contributed by atoms with van der Waals surface area (Å²) in [5, 5.41) is 12.3. The standard InChI is InChI=1S/C24H27N3O3.C21H24BrNO3.C6H6BrN/c1-24(2,3)30-23(29)27-21(13-17-8-5-4-6-9-17)22(28)14-18-10-7-11-19(12-18)20-15-25-26-16-20;1-21(2,3)26-20(25)23-18(13-15-8-5-4-6-9-15)19(24)14-16-10-7-11-17(22)12-16;7-5-2-1-3-6(8)4-5/h4-12,15-16,21H,13-14H2,1-3H3,(H,25,26)(H,27,29);4-12,18H,13-14H2,1-3H3,(H,23,25);1-4H,8H2/t21-;18-;/m00./s1. The van der Waals surface area contributed by atoms with E-state index in [1.165, 1.54) is 0 Å². The van der Waals surface area contributed by atoms with Crippen LogP contribution in [-0.2, 0) is 44.7 Å². The quantitative estimate of drug-likeness (QED) is 0.0830. The number of alkyl carbamates (subject to hydrolysis) is 2. The second-order valence-corrected chi connectivity index (χ2v) is 18.8. The SMILES string of the molecule is CC(C)(C)OC(=O)N[C@@H](Cc1ccccc1)C(=O)Cc1cccc(-c2cn[nH]c2)c1.CC(C)(C)OC(=O)N[C@@H](Cc1ccccc1)C(=O)Cc1cccc(Br)c1.Nc1cccc(Br)c1. The van der Waals surface area contributed by atoms with Gasteiger partial charge in [-0.15, -0.1) is 0 Å². The van der Waals surface area contributed by atoms with Crippen molar-refractivity contribution in [2.24, 2.45) is 0 Å². The van der Waals surface area contributed by atoms with Gasteiger partial charge in [0.1, 0.15) is 11.2 Å². The highest BCUT2D eigenvalue weighted by atomic mass is 79.9. The number of rotatable bonds is 13. The number of aromatic nitrogens is 2. The molecule has 336 valence electrons. The zero-order valence-electron chi connectivity index (χ0n) is 37.1. The summed E-state index contributed by atoms with van der Waals surface area (Å²) in [5.41, 5.74) is 10.6. The average Bonchev–Trinajstić information content (AvgIpc) is 3.76. The fourth-order valence-electron chi connectivity index (χ4n) is 6.16. The number of hydrogen-bond donors (Lipinski definition) is 4. The van der Waals surface area contributed by atoms with Crippen molar-refractivity contribution in [2.75, 3.05) is 5.73 Å². The van der Waals surface area contributed by atoms with E-state index in [4.69, 9.17) is 15.2 Å². The van der Waals surface area contributed by atoms with E-state index in [0.29, 0.717) is 12.8 Å². The molecule has 0 aliphatic heterocycles. The molecule has 0 spiro atoms. The molecule has 1 heterocycles. The number of ether oxygens (including phenoxy) is 2. The molecule has 6 rings (SSSR count). The van der Waals surface area contributed by atoms with Crippen molar-refractivity contribution in [3.05, 3.63) is 177 Å². The fraction of sp³-hybridized carbons (Fsp3) is 0.275. The minimum atomic E-state index is -0.681. The molecule has 0 aliphatic carbocycles. The predicted molar refractivity (Wildman–Crippen MR) is 261 cm³/mol. The van der Waals surface area contributed by atoms with Crippen LogP contribution in [0.5, 0.6) is 0 Å². The molecule has 2 atom stereocenters. The Morgan fingerprint density at radius 3 is 1.42 bits per heavy atom. The topological polar surface area (TPSA) is 166 Å². The van der Waals surface area contributed by atoms with Gasteiger partial charge in [0, 0.05) is 39.2 Å². The summed E-state index contributed by atoms with van der Waals surface area (Å²) in [6.07, 6.45) is 3.65. The Morgan fingerprint density at radius 1 is 0.578 bits per heavy atom. The highest BCUT2D eigenvalue weighted by molar-refractivity contribution is 9.10. The first-order chi connectivity index (χ1) is 30.3. The number of nitrogens with two attached hydrogens (primary N) is 1. The molecular weight excluding hydrogens is 938 g/mol. The predicted octanol–water partition coefficient (Wildman–Crippen LogP) is 11.1. The van der Waals surface area contributed by atoms with E-state index >= 15 is 0 Å². The lowest BCUT2D eigenvalue weighted by molar-refractivity contribution is -0.121. The van der Waals surface area contributed by atoms with Crippen molar-refractivity contribution in [1.82, 2.24) is 20.8 Å². The van der Waals surface area contributed by atoms with Gasteiger partial charge >= 0.3 is 12.2 Å². The molecule has 11 nitrogen and oxygen atoms in total. The number of ketones is 2. The third kappa shape index (κ3) is 19.6. The Kier molecular flexibility index (Phi) is 19.5. The first kappa shape index (κ1) is 50.6.